The zero-order valence-electron chi connectivity index (χ0n) is 18.9. The maximum Gasteiger partial charge on any atom is 0.328 e. The molecule has 0 radical (unpaired) electrons. The Morgan fingerprint density at radius 2 is 1.65 bits per heavy atom. The maximum atomic E-state index is 13.1. The summed E-state index contributed by atoms with van der Waals surface area (Å²) in [5.74, 6) is -2.80. The van der Waals surface area contributed by atoms with Crippen LogP contribution in [-0.2, 0) is 23.9 Å². The van der Waals surface area contributed by atoms with Crippen molar-refractivity contribution in [3.05, 3.63) is 23.3 Å². The van der Waals surface area contributed by atoms with Gasteiger partial charge in [-0.1, -0.05) is 19.9 Å². The van der Waals surface area contributed by atoms with Gasteiger partial charge in [0.25, 0.3) is 0 Å². The number of hydrogen-bond donors (Lipinski definition) is 2. The Morgan fingerprint density at radius 1 is 1.00 bits per heavy atom. The second kappa shape index (κ2) is 7.61. The van der Waals surface area contributed by atoms with Crippen molar-refractivity contribution in [3.63, 3.8) is 0 Å². The minimum atomic E-state index is -1.23. The molecule has 0 amide bonds. The molecule has 3 fully saturated rings. The van der Waals surface area contributed by atoms with Gasteiger partial charge in [0.15, 0.2) is 5.78 Å². The Morgan fingerprint density at radius 3 is 2.19 bits per heavy atom. The van der Waals surface area contributed by atoms with Gasteiger partial charge in [-0.15, -0.1) is 0 Å². The van der Waals surface area contributed by atoms with E-state index in [0.29, 0.717) is 43.3 Å². The lowest BCUT2D eigenvalue weighted by atomic mass is 9.42. The number of rotatable bonds is 4. The van der Waals surface area contributed by atoms with Crippen LogP contribution < -0.4 is 0 Å². The van der Waals surface area contributed by atoms with E-state index < -0.39 is 40.3 Å². The Labute approximate surface area is 182 Å². The summed E-state index contributed by atoms with van der Waals surface area (Å²) in [6.45, 7) is 8.90. The molecule has 0 aromatic carbocycles. The summed E-state index contributed by atoms with van der Waals surface area (Å²) in [7, 11) is 0. The molecule has 0 bridgehead atoms. The standard InChI is InChI=1S/C24H32O7/c1-13(6-7-19(27)28)20-15(26)12-17-22(3)11-9-18(31-14(2)25)24(5,21(29)30)16(22)8-10-23(17,20)4/h6-7,16-18H,8-12H2,1-5H3,(H,27,28)(H,29,30). The zero-order chi connectivity index (χ0) is 23.4. The van der Waals surface area contributed by atoms with Gasteiger partial charge < -0.3 is 14.9 Å². The summed E-state index contributed by atoms with van der Waals surface area (Å²) in [5, 5.41) is 19.2. The van der Waals surface area contributed by atoms with E-state index in [4.69, 9.17) is 9.84 Å². The first-order valence-corrected chi connectivity index (χ1v) is 10.8. The normalized spacial score (nSPS) is 41.5. The number of esters is 1. The van der Waals surface area contributed by atoms with Crippen molar-refractivity contribution < 1.29 is 34.1 Å². The van der Waals surface area contributed by atoms with Gasteiger partial charge in [-0.2, -0.15) is 0 Å². The SMILES string of the molecule is CC(=O)OC1CCC2(C)C3CC(=O)C(=C(C)C=CC(=O)O)C3(C)CCC2C1(C)C(=O)O. The fourth-order valence-corrected chi connectivity index (χ4v) is 7.20. The molecular formula is C24H32O7. The first-order chi connectivity index (χ1) is 14.3. The maximum absolute atomic E-state index is 13.1. The number of allylic oxidation sites excluding steroid dienone is 3. The van der Waals surface area contributed by atoms with Crippen molar-refractivity contribution in [1.82, 2.24) is 0 Å². The van der Waals surface area contributed by atoms with E-state index in [1.807, 2.05) is 0 Å². The molecule has 31 heavy (non-hydrogen) atoms. The molecule has 7 nitrogen and oxygen atoms in total. The van der Waals surface area contributed by atoms with E-state index in [0.717, 1.165) is 6.08 Å². The van der Waals surface area contributed by atoms with E-state index in [9.17, 15) is 24.3 Å². The number of aliphatic carboxylic acids is 2. The molecule has 6 atom stereocenters. The van der Waals surface area contributed by atoms with Gasteiger partial charge >= 0.3 is 17.9 Å². The lowest BCUT2D eigenvalue weighted by Gasteiger charge is -2.61. The molecule has 0 heterocycles. The number of carbonyl (C=O) groups excluding carboxylic acids is 2. The molecule has 6 unspecified atom stereocenters. The number of fused-ring (bicyclic) bond motifs is 3. The van der Waals surface area contributed by atoms with Gasteiger partial charge in [-0.25, -0.2) is 4.79 Å². The molecule has 0 saturated heterocycles. The highest BCUT2D eigenvalue weighted by Crippen LogP contribution is 2.69. The average Bonchev–Trinajstić information content (AvgIpc) is 2.93. The van der Waals surface area contributed by atoms with Crippen molar-refractivity contribution in [2.24, 2.45) is 28.1 Å². The van der Waals surface area contributed by atoms with Crippen LogP contribution in [0.3, 0.4) is 0 Å². The third kappa shape index (κ3) is 3.42. The van der Waals surface area contributed by atoms with E-state index in [1.54, 1.807) is 13.8 Å². The van der Waals surface area contributed by atoms with Crippen LogP contribution in [0.15, 0.2) is 23.3 Å². The van der Waals surface area contributed by atoms with Gasteiger partial charge in [0, 0.05) is 30.4 Å². The molecular weight excluding hydrogens is 400 g/mol. The molecule has 170 valence electrons. The Hall–Kier alpha value is -2.44. The van der Waals surface area contributed by atoms with Crippen LogP contribution in [0.25, 0.3) is 0 Å². The van der Waals surface area contributed by atoms with Crippen LogP contribution in [0.4, 0.5) is 0 Å². The van der Waals surface area contributed by atoms with Crippen LogP contribution in [0.1, 0.15) is 66.7 Å². The van der Waals surface area contributed by atoms with Crippen molar-refractivity contribution in [2.75, 3.05) is 0 Å². The van der Waals surface area contributed by atoms with Crippen molar-refractivity contribution in [3.8, 4) is 0 Å². The number of carboxylic acid groups (broad SMARTS) is 2. The Kier molecular flexibility index (Phi) is 5.70. The van der Waals surface area contributed by atoms with Gasteiger partial charge in [-0.3, -0.25) is 14.4 Å². The number of carboxylic acids is 2. The van der Waals surface area contributed by atoms with Gasteiger partial charge in [0.1, 0.15) is 11.5 Å². The number of Topliss-reactive ketones (excluding diaryl/α,β-unsaturated/α-hetero) is 1. The average molecular weight is 433 g/mol. The molecule has 0 aromatic heterocycles. The van der Waals surface area contributed by atoms with Crippen LogP contribution >= 0.6 is 0 Å². The number of ether oxygens (including phenoxy) is 1. The molecule has 0 spiro atoms. The van der Waals surface area contributed by atoms with Gasteiger partial charge in [0.2, 0.25) is 0 Å². The van der Waals surface area contributed by atoms with E-state index in [-0.39, 0.29) is 17.6 Å². The zero-order valence-corrected chi connectivity index (χ0v) is 18.9. The fourth-order valence-electron chi connectivity index (χ4n) is 7.20. The van der Waals surface area contributed by atoms with Crippen molar-refractivity contribution in [2.45, 2.75) is 72.8 Å². The minimum absolute atomic E-state index is 0.0149. The molecule has 0 aromatic rings. The summed E-state index contributed by atoms with van der Waals surface area (Å²) in [6.07, 6.45) is 4.49. The van der Waals surface area contributed by atoms with Crippen LogP contribution in [0.5, 0.6) is 0 Å². The number of hydrogen-bond acceptors (Lipinski definition) is 5. The lowest BCUT2D eigenvalue weighted by molar-refractivity contribution is -0.204. The van der Waals surface area contributed by atoms with Crippen molar-refractivity contribution in [1.29, 1.82) is 0 Å². The third-order valence-corrected chi connectivity index (χ3v) is 8.53. The van der Waals surface area contributed by atoms with E-state index in [1.165, 1.54) is 13.0 Å². The predicted octanol–water partition coefficient (Wildman–Crippen LogP) is 3.77. The molecule has 2 N–H and O–H groups in total. The monoisotopic (exact) mass is 432 g/mol. The lowest BCUT2D eigenvalue weighted by Crippen LogP contribution is -2.61. The molecule has 3 saturated carbocycles. The molecule has 3 aliphatic rings. The highest BCUT2D eigenvalue weighted by Gasteiger charge is 2.68. The molecule has 3 aliphatic carbocycles. The first kappa shape index (κ1) is 23.2. The Bertz CT molecular complexity index is 900. The molecule has 0 aliphatic heterocycles. The molecule has 7 heteroatoms. The largest absolute Gasteiger partial charge is 0.481 e. The summed E-state index contributed by atoms with van der Waals surface area (Å²) in [6, 6.07) is 0. The summed E-state index contributed by atoms with van der Waals surface area (Å²) < 4.78 is 5.47. The highest BCUT2D eigenvalue weighted by molar-refractivity contribution is 6.01. The summed E-state index contributed by atoms with van der Waals surface area (Å²) in [4.78, 5) is 48.2. The quantitative estimate of drug-likeness (QED) is 0.513. The van der Waals surface area contributed by atoms with E-state index in [2.05, 4.69) is 13.8 Å². The number of carbonyl (C=O) groups is 4. The number of ketones is 1. The van der Waals surface area contributed by atoms with Gasteiger partial charge in [0.05, 0.1) is 0 Å². The van der Waals surface area contributed by atoms with Crippen LogP contribution in [0, 0.1) is 28.1 Å². The predicted molar refractivity (Wildman–Crippen MR) is 112 cm³/mol. The summed E-state index contributed by atoms with van der Waals surface area (Å²) >= 11 is 0. The van der Waals surface area contributed by atoms with Crippen LogP contribution in [-0.4, -0.2) is 40.0 Å². The minimum Gasteiger partial charge on any atom is -0.481 e. The van der Waals surface area contributed by atoms with Crippen molar-refractivity contribution >= 4 is 23.7 Å². The highest BCUT2D eigenvalue weighted by atomic mass is 16.5. The van der Waals surface area contributed by atoms with Crippen LogP contribution in [0.2, 0.25) is 0 Å². The summed E-state index contributed by atoms with van der Waals surface area (Å²) in [5.41, 5.74) is -0.746. The first-order valence-electron chi connectivity index (χ1n) is 10.8. The molecule has 3 rings (SSSR count). The third-order valence-electron chi connectivity index (χ3n) is 8.53. The fraction of sp³-hybridized carbons (Fsp3) is 0.667. The smallest absolute Gasteiger partial charge is 0.328 e. The second-order valence-electron chi connectivity index (χ2n) is 10.1. The van der Waals surface area contributed by atoms with Gasteiger partial charge in [-0.05, 0) is 62.4 Å². The second-order valence-corrected chi connectivity index (χ2v) is 10.1. The van der Waals surface area contributed by atoms with E-state index >= 15 is 0 Å². The Balaban J connectivity index is 2.07. The topological polar surface area (TPSA) is 118 Å².